The van der Waals surface area contributed by atoms with Crippen LogP contribution in [0.5, 0.6) is 0 Å². The lowest BCUT2D eigenvalue weighted by Gasteiger charge is -2.08. The normalized spacial score (nSPS) is 11.2. The molecule has 6 nitrogen and oxygen atoms in total. The predicted octanol–water partition coefficient (Wildman–Crippen LogP) is 2.98. The number of amides is 1. The largest absolute Gasteiger partial charge is 0.350 e. The third kappa shape index (κ3) is 3.58. The molecule has 0 atom stereocenters. The number of halogens is 1. The molecule has 1 aromatic carbocycles. The average Bonchev–Trinajstić information content (AvgIpc) is 2.96. The van der Waals surface area contributed by atoms with Crippen molar-refractivity contribution in [2.75, 3.05) is 5.32 Å². The third-order valence-electron chi connectivity index (χ3n) is 3.67. The van der Waals surface area contributed by atoms with Gasteiger partial charge in [-0.25, -0.2) is 4.39 Å². The minimum atomic E-state index is -0.584. The van der Waals surface area contributed by atoms with Crippen LogP contribution in [0.3, 0.4) is 0 Å². The van der Waals surface area contributed by atoms with Gasteiger partial charge < -0.3 is 4.57 Å². The Hall–Kier alpha value is -2.61. The number of anilines is 1. The van der Waals surface area contributed by atoms with Gasteiger partial charge in [0.15, 0.2) is 0 Å². The lowest BCUT2D eigenvalue weighted by Crippen LogP contribution is -2.23. The summed E-state index contributed by atoms with van der Waals surface area (Å²) in [5, 5.41) is 11.9. The zero-order valence-corrected chi connectivity index (χ0v) is 14.9. The minimum Gasteiger partial charge on any atom is -0.350 e. The predicted molar refractivity (Wildman–Crippen MR) is 95.6 cm³/mol. The van der Waals surface area contributed by atoms with Gasteiger partial charge in [0, 0.05) is 25.1 Å². The maximum atomic E-state index is 13.5. The van der Waals surface area contributed by atoms with Gasteiger partial charge in [-0.15, -0.1) is 10.2 Å². The van der Waals surface area contributed by atoms with Crippen LogP contribution in [0.25, 0.3) is 10.9 Å². The first-order chi connectivity index (χ1) is 11.8. The van der Waals surface area contributed by atoms with Crippen molar-refractivity contribution >= 4 is 33.3 Å². The van der Waals surface area contributed by atoms with E-state index in [9.17, 15) is 14.0 Å². The number of carbonyl (C=O) groups excluding carboxylic acids is 1. The Morgan fingerprint density at radius 3 is 2.84 bits per heavy atom. The van der Waals surface area contributed by atoms with E-state index in [-0.39, 0.29) is 10.9 Å². The molecule has 1 amide bonds. The number of hydrogen-bond acceptors (Lipinski definition) is 5. The van der Waals surface area contributed by atoms with Crippen LogP contribution in [-0.4, -0.2) is 20.7 Å². The number of benzene rings is 1. The summed E-state index contributed by atoms with van der Waals surface area (Å²) in [5.41, 5.74) is -0.0312. The first-order valence-corrected chi connectivity index (χ1v) is 8.59. The molecular weight excluding hydrogens is 343 g/mol. The molecule has 2 heterocycles. The van der Waals surface area contributed by atoms with E-state index in [4.69, 9.17) is 0 Å². The molecule has 0 aliphatic carbocycles. The molecule has 0 saturated carbocycles. The number of aromatic nitrogens is 3. The molecule has 0 bridgehead atoms. The molecule has 0 saturated heterocycles. The fourth-order valence-corrected chi connectivity index (χ4v) is 3.47. The molecule has 0 radical (unpaired) electrons. The molecule has 1 N–H and O–H groups in total. The van der Waals surface area contributed by atoms with Crippen LogP contribution in [0.4, 0.5) is 9.52 Å². The van der Waals surface area contributed by atoms with Gasteiger partial charge in [0.05, 0.1) is 5.52 Å². The first kappa shape index (κ1) is 17.2. The third-order valence-corrected chi connectivity index (χ3v) is 4.53. The summed E-state index contributed by atoms with van der Waals surface area (Å²) in [6, 6.07) is 3.93. The van der Waals surface area contributed by atoms with Crippen LogP contribution in [0, 0.1) is 11.7 Å². The Morgan fingerprint density at radius 1 is 1.36 bits per heavy atom. The van der Waals surface area contributed by atoms with Crippen LogP contribution < -0.4 is 10.7 Å². The molecule has 25 heavy (non-hydrogen) atoms. The summed E-state index contributed by atoms with van der Waals surface area (Å²) >= 11 is 1.28. The molecule has 130 valence electrons. The van der Waals surface area contributed by atoms with Crippen LogP contribution in [0.1, 0.15) is 29.2 Å². The molecule has 0 spiro atoms. The van der Waals surface area contributed by atoms with Crippen molar-refractivity contribution in [3.8, 4) is 0 Å². The quantitative estimate of drug-likeness (QED) is 0.776. The summed E-state index contributed by atoms with van der Waals surface area (Å²) in [6.45, 7) is 4.13. The second-order valence-electron chi connectivity index (χ2n) is 6.20. The molecule has 0 aliphatic rings. The monoisotopic (exact) mass is 360 g/mol. The van der Waals surface area contributed by atoms with E-state index in [0.717, 1.165) is 17.5 Å². The zero-order valence-electron chi connectivity index (χ0n) is 14.0. The van der Waals surface area contributed by atoms with E-state index in [1.54, 1.807) is 11.6 Å². The van der Waals surface area contributed by atoms with E-state index >= 15 is 0 Å². The fourth-order valence-electron chi connectivity index (χ4n) is 2.53. The van der Waals surface area contributed by atoms with Gasteiger partial charge in [0.2, 0.25) is 10.6 Å². The summed E-state index contributed by atoms with van der Waals surface area (Å²) < 4.78 is 15.1. The van der Waals surface area contributed by atoms with Gasteiger partial charge >= 0.3 is 0 Å². The van der Waals surface area contributed by atoms with Crippen molar-refractivity contribution in [2.45, 2.75) is 20.3 Å². The Labute approximate surface area is 147 Å². The zero-order chi connectivity index (χ0) is 18.1. The Bertz CT molecular complexity index is 1010. The van der Waals surface area contributed by atoms with Crippen LogP contribution in [-0.2, 0) is 13.5 Å². The lowest BCUT2D eigenvalue weighted by atomic mass is 10.1. The highest BCUT2D eigenvalue weighted by atomic mass is 32.1. The number of nitrogens with zero attached hydrogens (tertiary/aromatic N) is 3. The maximum Gasteiger partial charge on any atom is 0.262 e. The SMILES string of the molecule is CC(C)Cc1nnc(NC(=O)c2cn(C)c3ccc(F)cc3c2=O)s1. The Morgan fingerprint density at radius 2 is 2.12 bits per heavy atom. The van der Waals surface area contributed by atoms with Gasteiger partial charge in [-0.1, -0.05) is 25.2 Å². The van der Waals surface area contributed by atoms with Gasteiger partial charge in [-0.2, -0.15) is 0 Å². The van der Waals surface area contributed by atoms with Crippen molar-refractivity contribution in [3.63, 3.8) is 0 Å². The second-order valence-corrected chi connectivity index (χ2v) is 7.26. The summed E-state index contributed by atoms with van der Waals surface area (Å²) in [5.74, 6) is -0.678. The van der Waals surface area contributed by atoms with E-state index in [0.29, 0.717) is 16.6 Å². The highest BCUT2D eigenvalue weighted by Crippen LogP contribution is 2.19. The van der Waals surface area contributed by atoms with Crippen molar-refractivity contribution < 1.29 is 9.18 Å². The average molecular weight is 360 g/mol. The highest BCUT2D eigenvalue weighted by molar-refractivity contribution is 7.15. The number of nitrogens with one attached hydrogen (secondary N) is 1. The number of aryl methyl sites for hydroxylation is 1. The summed E-state index contributed by atoms with van der Waals surface area (Å²) in [7, 11) is 1.70. The molecule has 0 unspecified atom stereocenters. The van der Waals surface area contributed by atoms with Crippen molar-refractivity contribution in [2.24, 2.45) is 13.0 Å². The van der Waals surface area contributed by atoms with Crippen LogP contribution >= 0.6 is 11.3 Å². The van der Waals surface area contributed by atoms with Crippen molar-refractivity contribution in [3.05, 3.63) is 51.0 Å². The molecule has 3 rings (SSSR count). The number of fused-ring (bicyclic) bond motifs is 1. The van der Waals surface area contributed by atoms with Gasteiger partial charge in [-0.3, -0.25) is 14.9 Å². The Kier molecular flexibility index (Phi) is 4.63. The molecule has 0 aliphatic heterocycles. The van der Waals surface area contributed by atoms with Gasteiger partial charge in [0.1, 0.15) is 16.4 Å². The second kappa shape index (κ2) is 6.72. The minimum absolute atomic E-state index is 0.0683. The van der Waals surface area contributed by atoms with E-state index in [1.807, 2.05) is 0 Å². The topological polar surface area (TPSA) is 76.9 Å². The van der Waals surface area contributed by atoms with Crippen LogP contribution in [0.15, 0.2) is 29.2 Å². The summed E-state index contributed by atoms with van der Waals surface area (Å²) in [4.78, 5) is 25.0. The van der Waals surface area contributed by atoms with E-state index < -0.39 is 17.2 Å². The summed E-state index contributed by atoms with van der Waals surface area (Å²) in [6.07, 6.45) is 2.21. The van der Waals surface area contributed by atoms with Gasteiger partial charge in [0.25, 0.3) is 5.91 Å². The fraction of sp³-hybridized carbons (Fsp3) is 0.294. The molecular formula is C17H17FN4O2S. The molecule has 2 aromatic heterocycles. The molecule has 8 heteroatoms. The van der Waals surface area contributed by atoms with Gasteiger partial charge in [-0.05, 0) is 24.1 Å². The number of carbonyl (C=O) groups is 1. The van der Waals surface area contributed by atoms with Crippen LogP contribution in [0.2, 0.25) is 0 Å². The number of hydrogen-bond donors (Lipinski definition) is 1. The lowest BCUT2D eigenvalue weighted by molar-refractivity contribution is 0.102. The highest BCUT2D eigenvalue weighted by Gasteiger charge is 2.17. The van der Waals surface area contributed by atoms with Crippen molar-refractivity contribution in [1.82, 2.24) is 14.8 Å². The first-order valence-electron chi connectivity index (χ1n) is 7.77. The molecule has 3 aromatic rings. The smallest absolute Gasteiger partial charge is 0.262 e. The maximum absolute atomic E-state index is 13.5. The number of rotatable bonds is 4. The Balaban J connectivity index is 1.93. The molecule has 0 fully saturated rings. The number of pyridine rings is 1. The standard InChI is InChI=1S/C17H17FN4O2S/c1-9(2)6-14-20-21-17(25-14)19-16(24)12-8-22(3)13-5-4-10(18)7-11(13)15(12)23/h4-5,7-9H,6H2,1-3H3,(H,19,21,24). The van der Waals surface area contributed by atoms with E-state index in [2.05, 4.69) is 29.4 Å². The van der Waals surface area contributed by atoms with Crippen molar-refractivity contribution in [1.29, 1.82) is 0 Å². The van der Waals surface area contributed by atoms with E-state index in [1.165, 1.54) is 29.7 Å².